The summed E-state index contributed by atoms with van der Waals surface area (Å²) in [7, 11) is 1.92. The molecule has 5 nitrogen and oxygen atoms in total. The summed E-state index contributed by atoms with van der Waals surface area (Å²) in [6.07, 6.45) is 0.910. The first-order chi connectivity index (χ1) is 9.28. The summed E-state index contributed by atoms with van der Waals surface area (Å²) in [5, 5.41) is 11.7. The van der Waals surface area contributed by atoms with Crippen LogP contribution in [0.15, 0.2) is 36.4 Å². The van der Waals surface area contributed by atoms with E-state index < -0.39 is 0 Å². The molecule has 0 aliphatic carbocycles. The van der Waals surface area contributed by atoms with Crippen molar-refractivity contribution < 1.29 is 0 Å². The zero-order valence-corrected chi connectivity index (χ0v) is 11.0. The van der Waals surface area contributed by atoms with Crippen LogP contribution in [0.3, 0.4) is 0 Å². The van der Waals surface area contributed by atoms with Crippen molar-refractivity contribution in [3.05, 3.63) is 42.1 Å². The minimum atomic E-state index is 0.704. The van der Waals surface area contributed by atoms with Gasteiger partial charge in [0.15, 0.2) is 11.6 Å². The average Bonchev–Trinajstić information content (AvgIpc) is 3.06. The summed E-state index contributed by atoms with van der Waals surface area (Å²) < 4.78 is 1.83. The molecule has 1 N–H and O–H groups in total. The van der Waals surface area contributed by atoms with E-state index in [-0.39, 0.29) is 0 Å². The largest absolute Gasteiger partial charge is 0.264 e. The molecule has 0 aliphatic rings. The predicted octanol–water partition coefficient (Wildman–Crippen LogP) is 2.43. The number of rotatable bonds is 3. The van der Waals surface area contributed by atoms with Gasteiger partial charge in [0.1, 0.15) is 5.69 Å². The average molecular weight is 253 g/mol. The number of hydrogen-bond acceptors (Lipinski definition) is 3. The Kier molecular flexibility index (Phi) is 2.87. The van der Waals surface area contributed by atoms with Crippen LogP contribution in [0, 0.1) is 0 Å². The lowest BCUT2D eigenvalue weighted by Crippen LogP contribution is -1.95. The van der Waals surface area contributed by atoms with E-state index in [4.69, 9.17) is 0 Å². The number of aryl methyl sites for hydroxylation is 2. The van der Waals surface area contributed by atoms with Crippen molar-refractivity contribution in [1.82, 2.24) is 25.0 Å². The predicted molar refractivity (Wildman–Crippen MR) is 73.4 cm³/mol. The highest BCUT2D eigenvalue weighted by Crippen LogP contribution is 2.20. The van der Waals surface area contributed by atoms with E-state index >= 15 is 0 Å². The second-order valence-corrected chi connectivity index (χ2v) is 4.37. The Morgan fingerprint density at radius 1 is 1.21 bits per heavy atom. The molecule has 0 spiro atoms. The second kappa shape index (κ2) is 4.68. The smallest absolute Gasteiger partial charge is 0.181 e. The van der Waals surface area contributed by atoms with Crippen LogP contribution in [0.4, 0.5) is 0 Å². The Balaban J connectivity index is 1.99. The quantitative estimate of drug-likeness (QED) is 0.780. The Bertz CT molecular complexity index is 681. The molecule has 19 heavy (non-hydrogen) atoms. The van der Waals surface area contributed by atoms with Crippen LogP contribution in [-0.4, -0.2) is 25.0 Å². The Morgan fingerprint density at radius 2 is 2.00 bits per heavy atom. The molecule has 0 unspecified atom stereocenters. The lowest BCUT2D eigenvalue weighted by molar-refractivity contribution is 0.748. The molecule has 0 radical (unpaired) electrons. The van der Waals surface area contributed by atoms with Crippen LogP contribution in [0.2, 0.25) is 0 Å². The highest BCUT2D eigenvalue weighted by molar-refractivity contribution is 5.59. The van der Waals surface area contributed by atoms with Gasteiger partial charge in [-0.05, 0) is 12.5 Å². The molecule has 0 atom stereocenters. The van der Waals surface area contributed by atoms with Gasteiger partial charge in [-0.3, -0.25) is 9.78 Å². The minimum absolute atomic E-state index is 0.704. The van der Waals surface area contributed by atoms with Gasteiger partial charge >= 0.3 is 0 Å². The molecular formula is C14H15N5. The van der Waals surface area contributed by atoms with Gasteiger partial charge in [0, 0.05) is 12.6 Å². The van der Waals surface area contributed by atoms with E-state index in [1.165, 1.54) is 0 Å². The molecule has 2 heterocycles. The third-order valence-electron chi connectivity index (χ3n) is 3.05. The van der Waals surface area contributed by atoms with Crippen LogP contribution >= 0.6 is 0 Å². The molecule has 0 saturated heterocycles. The number of H-pyrrole nitrogens is 1. The van der Waals surface area contributed by atoms with Gasteiger partial charge in [-0.1, -0.05) is 37.3 Å². The third kappa shape index (κ3) is 2.14. The highest BCUT2D eigenvalue weighted by Gasteiger charge is 2.12. The van der Waals surface area contributed by atoms with Crippen molar-refractivity contribution in [2.45, 2.75) is 13.3 Å². The van der Waals surface area contributed by atoms with Crippen molar-refractivity contribution in [2.75, 3.05) is 0 Å². The number of nitrogens with zero attached hydrogens (tertiary/aromatic N) is 4. The van der Waals surface area contributed by atoms with E-state index in [2.05, 4.69) is 27.2 Å². The van der Waals surface area contributed by atoms with Gasteiger partial charge in [0.25, 0.3) is 0 Å². The minimum Gasteiger partial charge on any atom is -0.264 e. The molecule has 0 aliphatic heterocycles. The third-order valence-corrected chi connectivity index (χ3v) is 3.05. The van der Waals surface area contributed by atoms with E-state index in [0.29, 0.717) is 5.82 Å². The fraction of sp³-hybridized carbons (Fsp3) is 0.214. The maximum absolute atomic E-state index is 4.53. The first kappa shape index (κ1) is 11.6. The topological polar surface area (TPSA) is 59.4 Å². The summed E-state index contributed by atoms with van der Waals surface area (Å²) in [5.41, 5.74) is 3.00. The zero-order valence-electron chi connectivity index (χ0n) is 11.0. The second-order valence-electron chi connectivity index (χ2n) is 4.37. The van der Waals surface area contributed by atoms with Gasteiger partial charge in [0.2, 0.25) is 0 Å². The fourth-order valence-corrected chi connectivity index (χ4v) is 2.01. The van der Waals surface area contributed by atoms with Crippen molar-refractivity contribution in [2.24, 2.45) is 7.05 Å². The molecule has 0 fully saturated rings. The van der Waals surface area contributed by atoms with E-state index in [0.717, 1.165) is 29.2 Å². The molecule has 0 bridgehead atoms. The van der Waals surface area contributed by atoms with E-state index in [1.807, 2.05) is 48.1 Å². The van der Waals surface area contributed by atoms with Crippen molar-refractivity contribution in [1.29, 1.82) is 0 Å². The SMILES string of the molecule is CCc1cc(-c2nc(-c3ccccc3)n[nH]2)n(C)n1. The summed E-state index contributed by atoms with van der Waals surface area (Å²) >= 11 is 0. The maximum Gasteiger partial charge on any atom is 0.181 e. The molecule has 96 valence electrons. The van der Waals surface area contributed by atoms with Crippen LogP contribution in [0.5, 0.6) is 0 Å². The number of aromatic nitrogens is 5. The summed E-state index contributed by atoms with van der Waals surface area (Å²) in [6.45, 7) is 2.09. The van der Waals surface area contributed by atoms with Crippen LogP contribution in [0.1, 0.15) is 12.6 Å². The fourth-order valence-electron chi connectivity index (χ4n) is 2.01. The summed E-state index contributed by atoms with van der Waals surface area (Å²) in [6, 6.07) is 12.0. The molecule has 3 aromatic rings. The van der Waals surface area contributed by atoms with Gasteiger partial charge in [-0.15, -0.1) is 0 Å². The lowest BCUT2D eigenvalue weighted by atomic mass is 10.2. The van der Waals surface area contributed by atoms with E-state index in [1.54, 1.807) is 0 Å². The van der Waals surface area contributed by atoms with E-state index in [9.17, 15) is 0 Å². The zero-order chi connectivity index (χ0) is 13.2. The molecule has 3 rings (SSSR count). The van der Waals surface area contributed by atoms with Gasteiger partial charge in [-0.2, -0.15) is 10.2 Å². The van der Waals surface area contributed by atoms with Crippen molar-refractivity contribution in [3.63, 3.8) is 0 Å². The molecule has 1 aromatic carbocycles. The van der Waals surface area contributed by atoms with Crippen molar-refractivity contribution in [3.8, 4) is 22.9 Å². The van der Waals surface area contributed by atoms with Crippen LogP contribution in [0.25, 0.3) is 22.9 Å². The molecule has 0 amide bonds. The first-order valence-electron chi connectivity index (χ1n) is 6.29. The monoisotopic (exact) mass is 253 g/mol. The Labute approximate surface area is 111 Å². The Morgan fingerprint density at radius 3 is 2.68 bits per heavy atom. The Hall–Kier alpha value is -2.43. The van der Waals surface area contributed by atoms with Crippen molar-refractivity contribution >= 4 is 0 Å². The highest BCUT2D eigenvalue weighted by atomic mass is 15.3. The van der Waals surface area contributed by atoms with Crippen LogP contribution in [-0.2, 0) is 13.5 Å². The first-order valence-corrected chi connectivity index (χ1v) is 6.29. The van der Waals surface area contributed by atoms with Gasteiger partial charge < -0.3 is 0 Å². The van der Waals surface area contributed by atoms with Gasteiger partial charge in [-0.25, -0.2) is 4.98 Å². The number of aromatic amines is 1. The number of benzene rings is 1. The standard InChI is InChI=1S/C14H15N5/c1-3-11-9-12(19(2)18-11)14-15-13(16-17-14)10-7-5-4-6-8-10/h4-9H,3H2,1-2H3,(H,15,16,17). The molecule has 0 saturated carbocycles. The summed E-state index contributed by atoms with van der Waals surface area (Å²) in [5.74, 6) is 1.45. The summed E-state index contributed by atoms with van der Waals surface area (Å²) in [4.78, 5) is 4.53. The normalized spacial score (nSPS) is 10.8. The molecular weight excluding hydrogens is 238 g/mol. The molecule has 2 aromatic heterocycles. The number of nitrogens with one attached hydrogen (secondary N) is 1. The number of hydrogen-bond donors (Lipinski definition) is 1. The van der Waals surface area contributed by atoms with Gasteiger partial charge in [0.05, 0.1) is 5.69 Å². The molecule has 5 heteroatoms. The maximum atomic E-state index is 4.53. The lowest BCUT2D eigenvalue weighted by Gasteiger charge is -1.95. The van der Waals surface area contributed by atoms with Crippen LogP contribution < -0.4 is 0 Å².